The molecule has 4 rings (SSSR count). The van der Waals surface area contributed by atoms with E-state index < -0.39 is 9.84 Å². The summed E-state index contributed by atoms with van der Waals surface area (Å²) in [4.78, 5) is 16.9. The van der Waals surface area contributed by atoms with E-state index in [0.29, 0.717) is 22.6 Å². The van der Waals surface area contributed by atoms with Crippen molar-refractivity contribution < 1.29 is 17.6 Å². The molecule has 0 spiro atoms. The Bertz CT molecular complexity index is 1240. The van der Waals surface area contributed by atoms with E-state index in [4.69, 9.17) is 4.42 Å². The number of furan rings is 1. The Morgan fingerprint density at radius 2 is 1.83 bits per heavy atom. The van der Waals surface area contributed by atoms with Crippen LogP contribution in [0.25, 0.3) is 21.0 Å². The molecule has 4 aromatic rings. The molecule has 1 N–H and O–H groups in total. The Hall–Kier alpha value is -2.97. The van der Waals surface area contributed by atoms with Crippen molar-refractivity contribution in [2.45, 2.75) is 12.3 Å². The van der Waals surface area contributed by atoms with Gasteiger partial charge in [0, 0.05) is 11.8 Å². The summed E-state index contributed by atoms with van der Waals surface area (Å²) in [6, 6.07) is 18.1. The first kappa shape index (κ1) is 19.4. The van der Waals surface area contributed by atoms with Crippen molar-refractivity contribution in [1.82, 2.24) is 10.3 Å². The van der Waals surface area contributed by atoms with Crippen molar-refractivity contribution in [3.63, 3.8) is 0 Å². The summed E-state index contributed by atoms with van der Waals surface area (Å²) in [6.07, 6.45) is 1.18. The number of aromatic nitrogens is 1. The van der Waals surface area contributed by atoms with E-state index in [9.17, 15) is 13.2 Å². The van der Waals surface area contributed by atoms with Crippen molar-refractivity contribution in [1.29, 1.82) is 0 Å². The third-order valence-electron chi connectivity index (χ3n) is 4.23. The average Bonchev–Trinajstić information content (AvgIpc) is 3.32. The highest BCUT2D eigenvalue weighted by Crippen LogP contribution is 2.31. The van der Waals surface area contributed by atoms with E-state index in [-0.39, 0.29) is 18.2 Å². The molecular formula is C21H18N2O4S2. The summed E-state index contributed by atoms with van der Waals surface area (Å²) in [5, 5.41) is 3.60. The minimum atomic E-state index is -3.10. The summed E-state index contributed by atoms with van der Waals surface area (Å²) in [6.45, 7) is 0.245. The summed E-state index contributed by atoms with van der Waals surface area (Å²) >= 11 is 1.56. The van der Waals surface area contributed by atoms with E-state index in [1.54, 1.807) is 35.6 Å². The second kappa shape index (κ2) is 7.81. The van der Waals surface area contributed by atoms with E-state index in [1.165, 1.54) is 6.26 Å². The number of hydrogen-bond donors (Lipinski definition) is 1. The monoisotopic (exact) mass is 426 g/mol. The Balaban J connectivity index is 1.40. The van der Waals surface area contributed by atoms with Crippen LogP contribution in [0.2, 0.25) is 0 Å². The number of nitrogens with one attached hydrogen (secondary N) is 1. The minimum Gasteiger partial charge on any atom is -0.457 e. The van der Waals surface area contributed by atoms with Gasteiger partial charge in [0.1, 0.15) is 5.76 Å². The number of carbonyl (C=O) groups excluding carboxylic acids is 1. The normalized spacial score (nSPS) is 11.6. The van der Waals surface area contributed by atoms with Gasteiger partial charge in [-0.15, -0.1) is 11.3 Å². The van der Waals surface area contributed by atoms with Crippen LogP contribution in [-0.2, 0) is 22.1 Å². The Kier molecular flexibility index (Phi) is 5.21. The molecule has 0 aliphatic rings. The molecule has 2 aromatic heterocycles. The van der Waals surface area contributed by atoms with Gasteiger partial charge in [0.2, 0.25) is 0 Å². The third kappa shape index (κ3) is 4.72. The van der Waals surface area contributed by atoms with E-state index in [2.05, 4.69) is 10.3 Å². The van der Waals surface area contributed by atoms with E-state index >= 15 is 0 Å². The maximum atomic E-state index is 12.3. The lowest BCUT2D eigenvalue weighted by Crippen LogP contribution is -2.22. The predicted octanol–water partition coefficient (Wildman–Crippen LogP) is 4.03. The van der Waals surface area contributed by atoms with Gasteiger partial charge in [-0.3, -0.25) is 4.79 Å². The fourth-order valence-electron chi connectivity index (χ4n) is 2.89. The van der Waals surface area contributed by atoms with Gasteiger partial charge in [0.15, 0.2) is 20.6 Å². The number of nitrogens with zero attached hydrogens (tertiary/aromatic N) is 1. The van der Waals surface area contributed by atoms with Crippen LogP contribution >= 0.6 is 11.3 Å². The molecule has 0 saturated carbocycles. The number of carbonyl (C=O) groups is 1. The van der Waals surface area contributed by atoms with E-state index in [0.717, 1.165) is 15.2 Å². The fourth-order valence-corrected chi connectivity index (χ4v) is 4.62. The topological polar surface area (TPSA) is 89.3 Å². The summed E-state index contributed by atoms with van der Waals surface area (Å²) in [5.41, 5.74) is 2.04. The molecule has 2 heterocycles. The van der Waals surface area contributed by atoms with Crippen LogP contribution in [0.3, 0.4) is 0 Å². The summed E-state index contributed by atoms with van der Waals surface area (Å²) < 4.78 is 29.6. The maximum absolute atomic E-state index is 12.3. The van der Waals surface area contributed by atoms with Crippen molar-refractivity contribution >= 4 is 37.3 Å². The van der Waals surface area contributed by atoms with Crippen molar-refractivity contribution in [2.75, 3.05) is 6.26 Å². The van der Waals surface area contributed by atoms with Crippen molar-refractivity contribution in [3.05, 3.63) is 77.6 Å². The Labute approximate surface area is 172 Å². The Morgan fingerprint density at radius 3 is 2.55 bits per heavy atom. The molecule has 0 fully saturated rings. The number of rotatable bonds is 6. The van der Waals surface area contributed by atoms with Crippen molar-refractivity contribution in [2.24, 2.45) is 0 Å². The molecule has 6 nitrogen and oxygen atoms in total. The van der Waals surface area contributed by atoms with Crippen LogP contribution in [0.5, 0.6) is 0 Å². The number of thiazole rings is 1. The lowest BCUT2D eigenvalue weighted by molar-refractivity contribution is 0.0948. The molecule has 0 atom stereocenters. The van der Waals surface area contributed by atoms with Crippen LogP contribution in [-0.4, -0.2) is 25.6 Å². The highest BCUT2D eigenvalue weighted by atomic mass is 32.2. The zero-order valence-corrected chi connectivity index (χ0v) is 17.2. The largest absolute Gasteiger partial charge is 0.457 e. The van der Waals surface area contributed by atoms with Gasteiger partial charge < -0.3 is 9.73 Å². The number of para-hydroxylation sites is 1. The second-order valence-electron chi connectivity index (χ2n) is 6.70. The predicted molar refractivity (Wildman–Crippen MR) is 113 cm³/mol. The maximum Gasteiger partial charge on any atom is 0.251 e. The number of sulfone groups is 1. The third-order valence-corrected chi connectivity index (χ3v) is 6.14. The smallest absolute Gasteiger partial charge is 0.251 e. The van der Waals surface area contributed by atoms with Gasteiger partial charge in [-0.25, -0.2) is 13.4 Å². The average molecular weight is 427 g/mol. The number of amides is 1. The first-order valence-electron chi connectivity index (χ1n) is 8.87. The van der Waals surface area contributed by atoms with Gasteiger partial charge in [0.25, 0.3) is 5.91 Å². The van der Waals surface area contributed by atoms with Crippen LogP contribution in [0, 0.1) is 0 Å². The second-order valence-corrected chi connectivity index (χ2v) is 9.87. The standard InChI is InChI=1S/C21H18N2O4S2/c1-29(25,26)13-14-6-8-15(9-7-14)20(24)22-12-16-10-11-18(27-16)21-23-17-4-2-3-5-19(17)28-21/h2-11H,12-13H2,1H3,(H,22,24). The van der Waals surface area contributed by atoms with Gasteiger partial charge in [-0.1, -0.05) is 24.3 Å². The quantitative estimate of drug-likeness (QED) is 0.503. The lowest BCUT2D eigenvalue weighted by Gasteiger charge is -2.05. The molecule has 0 aliphatic heterocycles. The number of fused-ring (bicyclic) bond motifs is 1. The first-order valence-corrected chi connectivity index (χ1v) is 11.7. The molecule has 0 saturated heterocycles. The molecule has 0 unspecified atom stereocenters. The highest BCUT2D eigenvalue weighted by Gasteiger charge is 2.12. The number of benzene rings is 2. The van der Waals surface area contributed by atoms with Crippen LogP contribution in [0.15, 0.2) is 65.1 Å². The fraction of sp³-hybridized carbons (Fsp3) is 0.143. The SMILES string of the molecule is CS(=O)(=O)Cc1ccc(C(=O)NCc2ccc(-c3nc4ccccc4s3)o2)cc1. The molecule has 0 bridgehead atoms. The molecule has 1 amide bonds. The minimum absolute atomic E-state index is 0.0458. The van der Waals surface area contributed by atoms with Crippen molar-refractivity contribution in [3.8, 4) is 10.8 Å². The molecule has 0 aliphatic carbocycles. The number of hydrogen-bond acceptors (Lipinski definition) is 6. The van der Waals surface area contributed by atoms with Gasteiger partial charge in [-0.05, 0) is 42.0 Å². The molecular weight excluding hydrogens is 408 g/mol. The molecule has 148 valence electrons. The summed E-state index contributed by atoms with van der Waals surface area (Å²) in [5.74, 6) is 0.992. The molecule has 8 heteroatoms. The van der Waals surface area contributed by atoms with Gasteiger partial charge >= 0.3 is 0 Å². The van der Waals surface area contributed by atoms with Crippen LogP contribution in [0.4, 0.5) is 0 Å². The van der Waals surface area contributed by atoms with Gasteiger partial charge in [0.05, 0.1) is 22.5 Å². The first-order chi connectivity index (χ1) is 13.9. The van der Waals surface area contributed by atoms with Gasteiger partial charge in [-0.2, -0.15) is 0 Å². The molecule has 29 heavy (non-hydrogen) atoms. The summed E-state index contributed by atoms with van der Waals surface area (Å²) in [7, 11) is -3.10. The Morgan fingerprint density at radius 1 is 1.07 bits per heavy atom. The highest BCUT2D eigenvalue weighted by molar-refractivity contribution is 7.89. The molecule has 0 radical (unpaired) electrons. The van der Waals surface area contributed by atoms with Crippen LogP contribution in [0.1, 0.15) is 21.7 Å². The zero-order chi connectivity index (χ0) is 20.4. The van der Waals surface area contributed by atoms with Crippen LogP contribution < -0.4 is 5.32 Å². The zero-order valence-electron chi connectivity index (χ0n) is 15.6. The van der Waals surface area contributed by atoms with E-state index in [1.807, 2.05) is 36.4 Å². The lowest BCUT2D eigenvalue weighted by atomic mass is 10.1. The molecule has 2 aromatic carbocycles.